The van der Waals surface area contributed by atoms with E-state index in [-0.39, 0.29) is 11.9 Å². The van der Waals surface area contributed by atoms with Crippen molar-refractivity contribution in [1.82, 2.24) is 0 Å². The van der Waals surface area contributed by atoms with Crippen LogP contribution in [0.1, 0.15) is 20.8 Å². The molecule has 1 aliphatic carbocycles. The summed E-state index contributed by atoms with van der Waals surface area (Å²) in [4.78, 5) is 11.7. The summed E-state index contributed by atoms with van der Waals surface area (Å²) in [7, 11) is 0. The highest BCUT2D eigenvalue weighted by Gasteiger charge is 2.48. The first-order chi connectivity index (χ1) is 6.53. The average molecular weight is 192 g/mol. The highest BCUT2D eigenvalue weighted by molar-refractivity contribution is 6.06. The van der Waals surface area contributed by atoms with Crippen LogP contribution in [0.3, 0.4) is 0 Å². The molecule has 1 aliphatic heterocycles. The molecule has 0 aromatic carbocycles. The fourth-order valence-corrected chi connectivity index (χ4v) is 1.75. The van der Waals surface area contributed by atoms with Gasteiger partial charge in [0.2, 0.25) is 5.78 Å². The molecule has 14 heavy (non-hydrogen) atoms. The fourth-order valence-electron chi connectivity index (χ4n) is 1.75. The van der Waals surface area contributed by atoms with E-state index in [1.165, 1.54) is 0 Å². The maximum atomic E-state index is 11.7. The van der Waals surface area contributed by atoms with Crippen LogP contribution in [0.25, 0.3) is 0 Å². The number of carbonyl (C=O) groups excluding carboxylic acids is 1. The molecular formula is C11H12O3. The Balaban J connectivity index is 2.25. The summed E-state index contributed by atoms with van der Waals surface area (Å²) in [6.45, 7) is 5.31. The Morgan fingerprint density at radius 3 is 2.71 bits per heavy atom. The monoisotopic (exact) mass is 192 g/mol. The van der Waals surface area contributed by atoms with E-state index < -0.39 is 11.9 Å². The van der Waals surface area contributed by atoms with Crippen molar-refractivity contribution < 1.29 is 14.3 Å². The van der Waals surface area contributed by atoms with Crippen molar-refractivity contribution in [2.45, 2.75) is 38.8 Å². The minimum atomic E-state index is -0.660. The molecule has 0 aromatic rings. The van der Waals surface area contributed by atoms with Gasteiger partial charge in [0.1, 0.15) is 6.10 Å². The lowest BCUT2D eigenvalue weighted by molar-refractivity contribution is -0.152. The predicted octanol–water partition coefficient (Wildman–Crippen LogP) is 1.04. The zero-order chi connectivity index (χ0) is 10.3. The van der Waals surface area contributed by atoms with Crippen molar-refractivity contribution in [2.75, 3.05) is 0 Å². The van der Waals surface area contributed by atoms with E-state index >= 15 is 0 Å². The molecule has 1 heterocycles. The van der Waals surface area contributed by atoms with Crippen molar-refractivity contribution in [3.8, 4) is 11.8 Å². The summed E-state index contributed by atoms with van der Waals surface area (Å²) in [5.41, 5.74) is 0.512. The molecule has 1 saturated heterocycles. The lowest BCUT2D eigenvalue weighted by atomic mass is 10.2. The molecule has 0 aromatic heterocycles. The Morgan fingerprint density at radius 2 is 2.14 bits per heavy atom. The molecular weight excluding hydrogens is 180 g/mol. The van der Waals surface area contributed by atoms with Gasteiger partial charge in [-0.25, -0.2) is 0 Å². The normalized spacial score (nSPS) is 33.4. The van der Waals surface area contributed by atoms with E-state index in [0.29, 0.717) is 5.57 Å². The van der Waals surface area contributed by atoms with E-state index in [4.69, 9.17) is 9.47 Å². The quantitative estimate of drug-likeness (QED) is 0.538. The lowest BCUT2D eigenvalue weighted by Crippen LogP contribution is -2.26. The molecule has 3 heteroatoms. The standard InChI is InChI=1S/C11H12O3/c1-4-5-7-6-8-10(9(7)12)14-11(2,3)13-8/h6,8,10H,1-3H3/t8-,10-/m0/s1. The first kappa shape index (κ1) is 9.45. The molecule has 74 valence electrons. The summed E-state index contributed by atoms with van der Waals surface area (Å²) < 4.78 is 11.0. The number of Topliss-reactive ketones (excluding diaryl/α,β-unsaturated/α-hetero) is 1. The number of rotatable bonds is 0. The van der Waals surface area contributed by atoms with Crippen LogP contribution in [0, 0.1) is 11.8 Å². The maximum Gasteiger partial charge on any atom is 0.202 e. The van der Waals surface area contributed by atoms with E-state index in [2.05, 4.69) is 11.8 Å². The molecule has 0 unspecified atom stereocenters. The molecule has 2 aliphatic rings. The number of ether oxygens (including phenoxy) is 2. The predicted molar refractivity (Wildman–Crippen MR) is 50.4 cm³/mol. The minimum Gasteiger partial charge on any atom is -0.340 e. The lowest BCUT2D eigenvalue weighted by Gasteiger charge is -2.16. The summed E-state index contributed by atoms with van der Waals surface area (Å²) in [5.74, 6) is 4.73. The molecule has 2 atom stereocenters. The molecule has 0 saturated carbocycles. The van der Waals surface area contributed by atoms with Gasteiger partial charge in [0.15, 0.2) is 11.9 Å². The van der Waals surface area contributed by atoms with Crippen LogP contribution in [0.4, 0.5) is 0 Å². The number of hydrogen-bond donors (Lipinski definition) is 0. The van der Waals surface area contributed by atoms with Crippen LogP contribution in [0.15, 0.2) is 11.6 Å². The fraction of sp³-hybridized carbons (Fsp3) is 0.545. The number of carbonyl (C=O) groups is 1. The molecule has 3 nitrogen and oxygen atoms in total. The first-order valence-electron chi connectivity index (χ1n) is 4.58. The molecule has 2 rings (SSSR count). The van der Waals surface area contributed by atoms with Gasteiger partial charge in [-0.05, 0) is 26.8 Å². The second-order valence-electron chi connectivity index (χ2n) is 3.84. The van der Waals surface area contributed by atoms with E-state index in [1.54, 1.807) is 26.8 Å². The summed E-state index contributed by atoms with van der Waals surface area (Å²) in [5, 5.41) is 0. The summed E-state index contributed by atoms with van der Waals surface area (Å²) in [6, 6.07) is 0. The molecule has 1 fully saturated rings. The maximum absolute atomic E-state index is 11.7. The number of hydrogen-bond acceptors (Lipinski definition) is 3. The minimum absolute atomic E-state index is 0.0603. The molecule has 0 spiro atoms. The molecule has 0 amide bonds. The summed E-state index contributed by atoms with van der Waals surface area (Å²) >= 11 is 0. The van der Waals surface area contributed by atoms with Crippen LogP contribution in [-0.2, 0) is 14.3 Å². The Bertz CT molecular complexity index is 368. The average Bonchev–Trinajstić information content (AvgIpc) is 2.50. The van der Waals surface area contributed by atoms with E-state index in [9.17, 15) is 4.79 Å². The third-order valence-corrected chi connectivity index (χ3v) is 2.24. The second kappa shape index (κ2) is 2.94. The van der Waals surface area contributed by atoms with Gasteiger partial charge in [-0.15, -0.1) is 5.92 Å². The Morgan fingerprint density at radius 1 is 1.43 bits per heavy atom. The van der Waals surface area contributed by atoms with Gasteiger partial charge in [0.25, 0.3) is 0 Å². The second-order valence-corrected chi connectivity index (χ2v) is 3.84. The molecule has 0 radical (unpaired) electrons. The SMILES string of the molecule is CC#CC1=C[C@@H]2OC(C)(C)O[C@@H]2C1=O. The van der Waals surface area contributed by atoms with Gasteiger partial charge < -0.3 is 9.47 Å². The van der Waals surface area contributed by atoms with Gasteiger partial charge in [-0.1, -0.05) is 5.92 Å². The number of ketones is 1. The van der Waals surface area contributed by atoms with Gasteiger partial charge in [-0.3, -0.25) is 4.79 Å². The van der Waals surface area contributed by atoms with Crippen molar-refractivity contribution >= 4 is 5.78 Å². The largest absolute Gasteiger partial charge is 0.340 e. The van der Waals surface area contributed by atoms with Crippen LogP contribution in [-0.4, -0.2) is 23.8 Å². The smallest absolute Gasteiger partial charge is 0.202 e. The van der Waals surface area contributed by atoms with Crippen molar-refractivity contribution in [3.63, 3.8) is 0 Å². The van der Waals surface area contributed by atoms with E-state index in [1.807, 2.05) is 0 Å². The zero-order valence-electron chi connectivity index (χ0n) is 8.46. The first-order valence-corrected chi connectivity index (χ1v) is 4.58. The van der Waals surface area contributed by atoms with Gasteiger partial charge >= 0.3 is 0 Å². The zero-order valence-corrected chi connectivity index (χ0v) is 8.46. The van der Waals surface area contributed by atoms with Gasteiger partial charge in [0, 0.05) is 0 Å². The third-order valence-electron chi connectivity index (χ3n) is 2.24. The van der Waals surface area contributed by atoms with Crippen molar-refractivity contribution in [1.29, 1.82) is 0 Å². The van der Waals surface area contributed by atoms with E-state index in [0.717, 1.165) is 0 Å². The van der Waals surface area contributed by atoms with Crippen LogP contribution < -0.4 is 0 Å². The van der Waals surface area contributed by atoms with Gasteiger partial charge in [0.05, 0.1) is 5.57 Å². The Labute approximate surface area is 83.1 Å². The van der Waals surface area contributed by atoms with Crippen LogP contribution >= 0.6 is 0 Å². The highest BCUT2D eigenvalue weighted by atomic mass is 16.8. The third kappa shape index (κ3) is 1.37. The van der Waals surface area contributed by atoms with Crippen LogP contribution in [0.5, 0.6) is 0 Å². The Hall–Kier alpha value is -1.11. The van der Waals surface area contributed by atoms with Crippen LogP contribution in [0.2, 0.25) is 0 Å². The van der Waals surface area contributed by atoms with Crippen molar-refractivity contribution in [2.24, 2.45) is 0 Å². The summed E-state index contributed by atoms with van der Waals surface area (Å²) in [6.07, 6.45) is 1.01. The number of fused-ring (bicyclic) bond motifs is 1. The highest BCUT2D eigenvalue weighted by Crippen LogP contribution is 2.34. The molecule has 0 N–H and O–H groups in total. The topological polar surface area (TPSA) is 35.5 Å². The van der Waals surface area contributed by atoms with Gasteiger partial charge in [-0.2, -0.15) is 0 Å². The Kier molecular flexibility index (Phi) is 1.99. The van der Waals surface area contributed by atoms with Crippen molar-refractivity contribution in [3.05, 3.63) is 11.6 Å². The molecule has 0 bridgehead atoms.